The smallest absolute Gasteiger partial charge is 0.274 e. The van der Waals surface area contributed by atoms with Crippen LogP contribution < -0.4 is 10.2 Å². The highest BCUT2D eigenvalue weighted by atomic mass is 35.5. The van der Waals surface area contributed by atoms with Gasteiger partial charge in [0.1, 0.15) is 18.2 Å². The van der Waals surface area contributed by atoms with E-state index < -0.39 is 11.7 Å². The third-order valence-corrected chi connectivity index (χ3v) is 4.35. The number of hydrazone groups is 1. The van der Waals surface area contributed by atoms with Crippen LogP contribution in [0.15, 0.2) is 71.8 Å². The summed E-state index contributed by atoms with van der Waals surface area (Å²) in [7, 11) is 0. The number of halogens is 3. The first-order valence-electron chi connectivity index (χ1n) is 8.27. The highest BCUT2D eigenvalue weighted by Crippen LogP contribution is 2.23. The van der Waals surface area contributed by atoms with Gasteiger partial charge in [-0.1, -0.05) is 53.5 Å². The maximum Gasteiger partial charge on any atom is 0.274 e. The predicted molar refractivity (Wildman–Crippen MR) is 109 cm³/mol. The van der Waals surface area contributed by atoms with Gasteiger partial charge in [0, 0.05) is 15.6 Å². The van der Waals surface area contributed by atoms with E-state index in [1.54, 1.807) is 48.5 Å². The Morgan fingerprint density at radius 1 is 1.07 bits per heavy atom. The third kappa shape index (κ3) is 5.31. The van der Waals surface area contributed by atoms with Gasteiger partial charge in [-0.25, -0.2) is 9.82 Å². The predicted octanol–water partition coefficient (Wildman–Crippen LogP) is 5.48. The fourth-order valence-electron chi connectivity index (χ4n) is 2.36. The van der Waals surface area contributed by atoms with Gasteiger partial charge in [0.25, 0.3) is 5.91 Å². The zero-order valence-corrected chi connectivity index (χ0v) is 16.0. The fraction of sp³-hybridized carbons (Fsp3) is 0.0476. The first-order valence-corrected chi connectivity index (χ1v) is 9.03. The van der Waals surface area contributed by atoms with Crippen molar-refractivity contribution in [2.75, 3.05) is 0 Å². The molecular weight excluding hydrogens is 402 g/mol. The molecule has 3 aromatic rings. The molecule has 0 radical (unpaired) electrons. The largest absolute Gasteiger partial charge is 0.489 e. The molecule has 28 heavy (non-hydrogen) atoms. The van der Waals surface area contributed by atoms with E-state index in [2.05, 4.69) is 10.5 Å². The van der Waals surface area contributed by atoms with Crippen LogP contribution in [0.4, 0.5) is 4.39 Å². The molecule has 0 saturated carbocycles. The number of amides is 1. The highest BCUT2D eigenvalue weighted by molar-refractivity contribution is 6.35. The summed E-state index contributed by atoms with van der Waals surface area (Å²) in [6, 6.07) is 18.0. The van der Waals surface area contributed by atoms with Crippen LogP contribution in [-0.2, 0) is 6.61 Å². The topological polar surface area (TPSA) is 50.7 Å². The van der Waals surface area contributed by atoms with E-state index >= 15 is 0 Å². The summed E-state index contributed by atoms with van der Waals surface area (Å²) >= 11 is 12.0. The maximum atomic E-state index is 13.6. The van der Waals surface area contributed by atoms with Gasteiger partial charge in [-0.05, 0) is 42.0 Å². The summed E-state index contributed by atoms with van der Waals surface area (Å²) in [6.07, 6.45) is 1.45. The normalized spacial score (nSPS) is 10.8. The van der Waals surface area contributed by atoms with Crippen LogP contribution in [0.25, 0.3) is 0 Å². The van der Waals surface area contributed by atoms with Crippen molar-refractivity contribution in [2.45, 2.75) is 6.61 Å². The number of rotatable bonds is 6. The molecule has 0 unspecified atom stereocenters. The molecule has 0 aliphatic heterocycles. The van der Waals surface area contributed by atoms with E-state index in [0.717, 1.165) is 5.56 Å². The summed E-state index contributed by atoms with van der Waals surface area (Å²) in [5.74, 6) is -0.624. The number of hydrogen-bond acceptors (Lipinski definition) is 3. The lowest BCUT2D eigenvalue weighted by Gasteiger charge is -2.08. The molecule has 0 fully saturated rings. The second-order valence-electron chi connectivity index (χ2n) is 5.78. The minimum Gasteiger partial charge on any atom is -0.489 e. The van der Waals surface area contributed by atoms with E-state index in [9.17, 15) is 9.18 Å². The molecule has 3 rings (SSSR count). The van der Waals surface area contributed by atoms with E-state index in [1.165, 1.54) is 24.4 Å². The molecule has 0 aliphatic carbocycles. The first kappa shape index (κ1) is 19.9. The van der Waals surface area contributed by atoms with Gasteiger partial charge in [0.15, 0.2) is 0 Å². The van der Waals surface area contributed by atoms with E-state index in [1.807, 2.05) is 0 Å². The average molecular weight is 417 g/mol. The molecule has 0 aromatic heterocycles. The molecule has 7 heteroatoms. The molecule has 0 atom stereocenters. The summed E-state index contributed by atoms with van der Waals surface area (Å²) in [5.41, 5.74) is 3.74. The molecule has 4 nitrogen and oxygen atoms in total. The van der Waals surface area contributed by atoms with Crippen LogP contribution in [0.3, 0.4) is 0 Å². The number of carbonyl (C=O) groups excluding carboxylic acids is 1. The van der Waals surface area contributed by atoms with Crippen molar-refractivity contribution in [1.29, 1.82) is 0 Å². The van der Waals surface area contributed by atoms with Gasteiger partial charge in [-0.3, -0.25) is 4.79 Å². The molecule has 1 N–H and O–H groups in total. The lowest BCUT2D eigenvalue weighted by atomic mass is 10.2. The molecule has 0 spiro atoms. The number of benzene rings is 3. The molecule has 0 aliphatic rings. The SMILES string of the molecule is O=C(N/N=C\c1cccc(OCc2ccc(Cl)cc2Cl)c1)c1ccccc1F. The Hall–Kier alpha value is -2.89. The Morgan fingerprint density at radius 2 is 1.89 bits per heavy atom. The van der Waals surface area contributed by atoms with Crippen LogP contribution in [0, 0.1) is 5.82 Å². The van der Waals surface area contributed by atoms with Crippen LogP contribution in [0.1, 0.15) is 21.5 Å². The van der Waals surface area contributed by atoms with Crippen LogP contribution in [-0.4, -0.2) is 12.1 Å². The Balaban J connectivity index is 1.60. The third-order valence-electron chi connectivity index (χ3n) is 3.77. The Bertz CT molecular complexity index is 1020. The minimum atomic E-state index is -0.626. The highest BCUT2D eigenvalue weighted by Gasteiger charge is 2.09. The van der Waals surface area contributed by atoms with Crippen molar-refractivity contribution in [2.24, 2.45) is 5.10 Å². The van der Waals surface area contributed by atoms with Gasteiger partial charge >= 0.3 is 0 Å². The summed E-state index contributed by atoms with van der Waals surface area (Å²) in [6.45, 7) is 0.278. The Labute approximate surface area is 171 Å². The second kappa shape index (κ2) is 9.35. The number of nitrogens with one attached hydrogen (secondary N) is 1. The van der Waals surface area contributed by atoms with Crippen molar-refractivity contribution in [3.8, 4) is 5.75 Å². The van der Waals surface area contributed by atoms with Crippen LogP contribution in [0.2, 0.25) is 10.0 Å². The van der Waals surface area contributed by atoms with Gasteiger partial charge in [-0.15, -0.1) is 0 Å². The molecule has 0 saturated heterocycles. The monoisotopic (exact) mass is 416 g/mol. The number of carbonyl (C=O) groups is 1. The molecular formula is C21H15Cl2FN2O2. The molecule has 142 valence electrons. The van der Waals surface area contributed by atoms with Crippen LogP contribution in [0.5, 0.6) is 5.75 Å². The second-order valence-corrected chi connectivity index (χ2v) is 6.62. The zero-order valence-electron chi connectivity index (χ0n) is 14.5. The molecule has 0 heterocycles. The van der Waals surface area contributed by atoms with E-state index in [0.29, 0.717) is 21.4 Å². The van der Waals surface area contributed by atoms with Crippen LogP contribution >= 0.6 is 23.2 Å². The fourth-order valence-corrected chi connectivity index (χ4v) is 2.82. The Morgan fingerprint density at radius 3 is 2.68 bits per heavy atom. The number of hydrogen-bond donors (Lipinski definition) is 1. The number of ether oxygens (including phenoxy) is 1. The van der Waals surface area contributed by atoms with Crippen molar-refractivity contribution >= 4 is 35.3 Å². The lowest BCUT2D eigenvalue weighted by molar-refractivity contribution is 0.0951. The van der Waals surface area contributed by atoms with Gasteiger partial charge in [0.2, 0.25) is 0 Å². The van der Waals surface area contributed by atoms with E-state index in [4.69, 9.17) is 27.9 Å². The summed E-state index contributed by atoms with van der Waals surface area (Å²) in [5, 5.41) is 4.95. The van der Waals surface area contributed by atoms with Gasteiger partial charge < -0.3 is 4.74 Å². The van der Waals surface area contributed by atoms with Gasteiger partial charge in [0.05, 0.1) is 11.8 Å². The standard InChI is InChI=1S/C21H15Cl2FN2O2/c22-16-9-8-15(19(23)11-16)13-28-17-5-3-4-14(10-17)12-25-26-21(27)18-6-1-2-7-20(18)24/h1-12H,13H2,(H,26,27)/b25-12-. The quantitative estimate of drug-likeness (QED) is 0.427. The first-order chi connectivity index (χ1) is 13.5. The molecule has 0 bridgehead atoms. The Kier molecular flexibility index (Phi) is 6.63. The summed E-state index contributed by atoms with van der Waals surface area (Å²) in [4.78, 5) is 11.9. The van der Waals surface area contributed by atoms with Crippen molar-refractivity contribution in [3.63, 3.8) is 0 Å². The van der Waals surface area contributed by atoms with Crippen molar-refractivity contribution in [1.82, 2.24) is 5.43 Å². The minimum absolute atomic E-state index is 0.0726. The van der Waals surface area contributed by atoms with Gasteiger partial charge in [-0.2, -0.15) is 5.10 Å². The van der Waals surface area contributed by atoms with Crippen molar-refractivity contribution < 1.29 is 13.9 Å². The lowest BCUT2D eigenvalue weighted by Crippen LogP contribution is -2.18. The van der Waals surface area contributed by atoms with Crippen molar-refractivity contribution in [3.05, 3.63) is 99.3 Å². The number of nitrogens with zero attached hydrogens (tertiary/aromatic N) is 1. The average Bonchev–Trinajstić information content (AvgIpc) is 2.68. The summed E-state index contributed by atoms with van der Waals surface area (Å²) < 4.78 is 19.3. The zero-order chi connectivity index (χ0) is 19.9. The van der Waals surface area contributed by atoms with E-state index in [-0.39, 0.29) is 12.2 Å². The maximum absolute atomic E-state index is 13.6. The molecule has 3 aromatic carbocycles. The molecule has 1 amide bonds.